The number of sulfonamides is 6. The Kier molecular flexibility index (Phi) is 35.6. The molecule has 6 amide bonds. The van der Waals surface area contributed by atoms with Gasteiger partial charge in [-0.3, -0.25) is 14.4 Å². The van der Waals surface area contributed by atoms with Crippen molar-refractivity contribution < 1.29 is 112 Å². The molecule has 45 nitrogen and oxygen atoms in total. The van der Waals surface area contributed by atoms with Gasteiger partial charge in [-0.15, -0.1) is 26.4 Å². The maximum Gasteiger partial charge on any atom is 0.410 e. The van der Waals surface area contributed by atoms with Gasteiger partial charge < -0.3 is 108 Å². The molecule has 51 heteroatoms. The highest BCUT2D eigenvalue weighted by Gasteiger charge is 2.38. The van der Waals surface area contributed by atoms with E-state index in [1.807, 2.05) is 62.3 Å². The molecule has 6 aromatic rings. The Labute approximate surface area is 820 Å². The van der Waals surface area contributed by atoms with Crippen LogP contribution >= 0.6 is 0 Å². The number of hydrogen-bond donors (Lipinski definition) is 10. The zero-order chi connectivity index (χ0) is 104. The molecule has 9 aliphatic heterocycles. The van der Waals surface area contributed by atoms with E-state index in [1.54, 1.807) is 138 Å². The Morgan fingerprint density at radius 2 is 0.645 bits per heavy atom. The number of nitrogens with one attached hydrogen (secondary N) is 4. The van der Waals surface area contributed by atoms with Crippen molar-refractivity contribution in [3.63, 3.8) is 0 Å². The first-order valence-corrected chi connectivity index (χ1v) is 54.3. The van der Waals surface area contributed by atoms with Crippen LogP contribution in [0.2, 0.25) is 0 Å². The largest absolute Gasteiger partial charge is 0.491 e. The third kappa shape index (κ3) is 32.5. The van der Waals surface area contributed by atoms with E-state index >= 15 is 0 Å². The Bertz CT molecular complexity index is 6400. The molecule has 9 heterocycles. The van der Waals surface area contributed by atoms with Crippen LogP contribution in [0.25, 0.3) is 0 Å². The van der Waals surface area contributed by atoms with Gasteiger partial charge in [0.05, 0.1) is 82.9 Å². The fraction of sp³-hybridized carbons (Fsp3) is 0.467. The zero-order valence-corrected chi connectivity index (χ0v) is 85.4. The summed E-state index contributed by atoms with van der Waals surface area (Å²) in [5, 5.41) is 11.3. The molecular formula is C90H122N20O25S6. The van der Waals surface area contributed by atoms with Gasteiger partial charge in [-0.1, -0.05) is 72.8 Å². The molecule has 0 aliphatic carbocycles. The highest BCUT2D eigenvalue weighted by Crippen LogP contribution is 2.37. The van der Waals surface area contributed by atoms with Gasteiger partial charge in [-0.2, -0.15) is 0 Å². The summed E-state index contributed by atoms with van der Waals surface area (Å²) >= 11 is 0. The van der Waals surface area contributed by atoms with Gasteiger partial charge in [0.1, 0.15) is 99.7 Å². The monoisotopic (exact) mass is 2070 g/mol. The van der Waals surface area contributed by atoms with Gasteiger partial charge in [0.15, 0.2) is 0 Å². The van der Waals surface area contributed by atoms with Crippen LogP contribution in [0.4, 0.5) is 25.8 Å². The Balaban J connectivity index is 0.000000175. The number of hydrogen-bond acceptors (Lipinski definition) is 33. The molecule has 0 unspecified atom stereocenters. The number of carbonyl (C=O) groups is 6. The molecule has 0 bridgehead atoms. The lowest BCUT2D eigenvalue weighted by Gasteiger charge is -2.34. The van der Waals surface area contributed by atoms with Gasteiger partial charge in [-0.05, 0) is 158 Å². The van der Waals surface area contributed by atoms with Gasteiger partial charge in [0.25, 0.3) is 60.1 Å². The predicted molar refractivity (Wildman–Crippen MR) is 532 cm³/mol. The summed E-state index contributed by atoms with van der Waals surface area (Å²) in [5.74, 6) is 0.227. The summed E-state index contributed by atoms with van der Waals surface area (Å²) in [6.45, 7) is 24.1. The van der Waals surface area contributed by atoms with Crippen LogP contribution in [0.5, 0.6) is 23.0 Å². The van der Waals surface area contributed by atoms with Crippen molar-refractivity contribution in [2.45, 2.75) is 184 Å². The maximum absolute atomic E-state index is 12.3. The molecule has 6 aromatic carbocycles. The fourth-order valence-electron chi connectivity index (χ4n) is 15.5. The summed E-state index contributed by atoms with van der Waals surface area (Å²) in [6.07, 6.45) is 2.83. The van der Waals surface area contributed by atoms with Crippen LogP contribution in [-0.2, 0) is 123 Å². The first-order valence-electron chi connectivity index (χ1n) is 44.7. The van der Waals surface area contributed by atoms with Crippen LogP contribution in [0, 0.1) is 0 Å². The van der Waals surface area contributed by atoms with Gasteiger partial charge in [0, 0.05) is 103 Å². The summed E-state index contributed by atoms with van der Waals surface area (Å²) in [4.78, 5) is 76.3. The number of amidine groups is 6. The van der Waals surface area contributed by atoms with E-state index in [0.717, 1.165) is 25.7 Å². The van der Waals surface area contributed by atoms with Crippen molar-refractivity contribution in [1.82, 2.24) is 30.2 Å². The third-order valence-corrected chi connectivity index (χ3v) is 28.2. The number of carbonyl (C=O) groups excluding carboxylic acids is 6. The van der Waals surface area contributed by atoms with Crippen LogP contribution in [-0.4, -0.2) is 262 Å². The van der Waals surface area contributed by atoms with Crippen molar-refractivity contribution in [1.29, 1.82) is 0 Å². The predicted octanol–water partition coefficient (Wildman–Crippen LogP) is 5.31. The number of rotatable bonds is 17. The molecule has 0 aromatic heterocycles. The third-order valence-electron chi connectivity index (χ3n) is 21.3. The number of nitrogens with zero attached hydrogens (tertiary/aromatic N) is 10. The quantitative estimate of drug-likeness (QED) is 0.0408. The number of anilines is 2. The molecule has 9 aliphatic rings. The smallest absolute Gasteiger partial charge is 0.410 e. The lowest BCUT2D eigenvalue weighted by Crippen LogP contribution is -2.46. The van der Waals surface area contributed by atoms with E-state index in [2.05, 4.69) is 47.7 Å². The van der Waals surface area contributed by atoms with Crippen molar-refractivity contribution in [2.24, 2.45) is 60.8 Å². The minimum absolute atomic E-state index is 0.00567. The van der Waals surface area contributed by atoms with Crippen molar-refractivity contribution in [2.75, 3.05) is 96.8 Å². The lowest BCUT2D eigenvalue weighted by molar-refractivity contribution is -0.126. The molecule has 3 saturated heterocycles. The fourth-order valence-corrected chi connectivity index (χ4v) is 22.0. The van der Waals surface area contributed by atoms with Crippen LogP contribution in [0.15, 0.2) is 136 Å². The zero-order valence-electron chi connectivity index (χ0n) is 80.5. The van der Waals surface area contributed by atoms with Crippen molar-refractivity contribution in [3.8, 4) is 23.0 Å². The van der Waals surface area contributed by atoms with E-state index in [1.165, 1.54) is 18.7 Å². The SMILES string of the molecule is CC(=O)NCCNc1cccc2c1C(N)=NS(=O)(=O)C2.CC(=O)NCCOc1cccc2c1C(N)=NS(=O)(=O)C2.CC(C)(C)OC(=O)N1CCC(Oc2cccc3c2C(N)=NS(=O)(=O)C3)CC1.CC(C)(C)OC(=O)N1CCC[C@@H](Oc2cccc3c2C(N)=NS(=O)(=O)C3)C1.CC(C)(C)OC(=O)N1CCC[C@H](Oc2cccc3c2C(N)=NS(=O)(=O)C3)C1.CN(C)C(=O)CNc1cccc2c1C(N)=NS(=O)(=O)C2. The first kappa shape index (κ1) is 110. The Morgan fingerprint density at radius 3 is 0.972 bits per heavy atom. The second-order valence-electron chi connectivity index (χ2n) is 36.8. The van der Waals surface area contributed by atoms with Crippen molar-refractivity contribution >= 4 is 143 Å². The number of likely N-dealkylation sites (N-methyl/N-ethyl adjacent to an activating group) is 1. The minimum atomic E-state index is -3.59. The molecular weight excluding hydrogens is 1950 g/mol. The Hall–Kier alpha value is -13.1. The molecule has 0 spiro atoms. The lowest BCUT2D eigenvalue weighted by atomic mass is 10.0. The number of nitrogens with two attached hydrogens (primary N) is 6. The summed E-state index contributed by atoms with van der Waals surface area (Å²) in [6, 6.07) is 31.1. The molecule has 0 radical (unpaired) electrons. The van der Waals surface area contributed by atoms with E-state index in [-0.39, 0.29) is 137 Å². The number of likely N-dealkylation sites (tertiary alicyclic amines) is 3. The summed E-state index contributed by atoms with van der Waals surface area (Å²) in [5.41, 5.74) is 41.2. The molecule has 141 heavy (non-hydrogen) atoms. The van der Waals surface area contributed by atoms with Gasteiger partial charge >= 0.3 is 18.3 Å². The van der Waals surface area contributed by atoms with Gasteiger partial charge in [0.2, 0.25) is 17.7 Å². The van der Waals surface area contributed by atoms with E-state index in [9.17, 15) is 79.3 Å². The molecule has 0 saturated carbocycles. The first-order chi connectivity index (χ1) is 65.7. The topological polar surface area (TPSA) is 663 Å². The highest BCUT2D eigenvalue weighted by atomic mass is 32.2. The van der Waals surface area contributed by atoms with Crippen LogP contribution < -0.4 is 74.6 Å². The van der Waals surface area contributed by atoms with E-state index in [4.69, 9.17) is 67.6 Å². The molecule has 3 fully saturated rings. The highest BCUT2D eigenvalue weighted by molar-refractivity contribution is 7.91. The molecule has 15 rings (SSSR count). The molecule has 2 atom stereocenters. The van der Waals surface area contributed by atoms with E-state index in [0.29, 0.717) is 173 Å². The average Bonchev–Trinajstić information content (AvgIpc) is 0.823. The van der Waals surface area contributed by atoms with Crippen LogP contribution in [0.1, 0.15) is 181 Å². The average molecular weight is 2080 g/mol. The van der Waals surface area contributed by atoms with Gasteiger partial charge in [-0.25, -0.2) is 64.9 Å². The number of piperidine rings is 3. The van der Waals surface area contributed by atoms with Crippen LogP contribution in [0.3, 0.4) is 0 Å². The number of fused-ring (bicyclic) bond motifs is 6. The number of amides is 6. The maximum atomic E-state index is 12.3. The second kappa shape index (κ2) is 45.6. The number of ether oxygens (including phenoxy) is 7. The standard InChI is InChI=1S/3C18H25N3O5S.2C12H16N4O3S.C12H15N3O4S/c2*1-18(2,3)26-17(22)21-9-5-7-13(10-21)25-14-8-4-6-12-11-27(23,24)20-16(19)15(12)14;1-18(2,3)26-17(22)21-9-7-13(8-10-21)25-14-6-4-5-12-11-27(23,24)20-16(19)15(12)14;1-16(2)10(17)6-14-9-5-3-4-8-7-20(18,19)15-12(13)11(8)9;1-8(17)14-5-6-15-10-4-2-3-9-7-20(18,19)16-12(13)11(9)10;1-8(16)14-5-6-19-10-4-2-3-9-7-20(17,18)15-12(13)11(9)10/h2*4,6,8,13H,5,7,9-11H2,1-3H3,(H2,19,20);4-6,13H,7-11H2,1-3H3,(H2,19,20);3-5,14H,6-7H2,1-2H3,(H2,13,15);2-4,15H,5-7H2,1H3,(H2,13,16)(H,14,17);2-4H,5-7H2,1H3,(H2,13,15)(H,14,16)/t2*13-;;;;/m10..../s1. The van der Waals surface area contributed by atoms with E-state index < -0.39 is 76.9 Å². The second-order valence-corrected chi connectivity index (χ2v) is 46.7. The summed E-state index contributed by atoms with van der Waals surface area (Å²) < 4.78 is 201. The van der Waals surface area contributed by atoms with Crippen molar-refractivity contribution in [3.05, 3.63) is 176 Å². The number of benzene rings is 6. The molecule has 16 N–H and O–H groups in total. The summed E-state index contributed by atoms with van der Waals surface area (Å²) in [7, 11) is -18.1. The Morgan fingerprint density at radius 1 is 0.362 bits per heavy atom. The minimum Gasteiger partial charge on any atom is -0.491 e. The molecule has 768 valence electrons. The normalized spacial score (nSPS) is 18.9.